The number of aryl methyl sites for hydroxylation is 1. The molecule has 0 aliphatic carbocycles. The summed E-state index contributed by atoms with van der Waals surface area (Å²) in [5.74, 6) is 0.907. The summed E-state index contributed by atoms with van der Waals surface area (Å²) in [6, 6.07) is 5.97. The smallest absolute Gasteiger partial charge is 0.410 e. The molecular formula is C18H29N3O3. The number of ether oxygens (including phenoxy) is 2. The van der Waals surface area contributed by atoms with Crippen molar-refractivity contribution in [3.05, 3.63) is 23.9 Å². The molecular weight excluding hydrogens is 306 g/mol. The predicted octanol–water partition coefficient (Wildman–Crippen LogP) is 2.85. The van der Waals surface area contributed by atoms with Crippen molar-refractivity contribution in [2.75, 3.05) is 38.2 Å². The number of hydrogen-bond acceptors (Lipinski definition) is 5. The third kappa shape index (κ3) is 4.84. The Labute approximate surface area is 144 Å². The van der Waals surface area contributed by atoms with Crippen molar-refractivity contribution in [1.29, 1.82) is 0 Å². The first-order valence-electron chi connectivity index (χ1n) is 8.34. The van der Waals surface area contributed by atoms with Crippen LogP contribution in [0.1, 0.15) is 33.4 Å². The van der Waals surface area contributed by atoms with Crippen LogP contribution in [0, 0.1) is 6.92 Å². The Bertz CT molecular complexity index is 585. The van der Waals surface area contributed by atoms with E-state index in [1.54, 1.807) is 12.0 Å². The van der Waals surface area contributed by atoms with Gasteiger partial charge in [0.2, 0.25) is 0 Å². The fourth-order valence-electron chi connectivity index (χ4n) is 2.77. The molecule has 0 spiro atoms. The van der Waals surface area contributed by atoms with Crippen LogP contribution in [0.25, 0.3) is 0 Å². The van der Waals surface area contributed by atoms with E-state index in [2.05, 4.69) is 9.88 Å². The summed E-state index contributed by atoms with van der Waals surface area (Å²) in [6.07, 6.45) is -0.301. The lowest BCUT2D eigenvalue weighted by molar-refractivity contribution is -0.0218. The van der Waals surface area contributed by atoms with Crippen LogP contribution in [0.3, 0.4) is 0 Å². The highest BCUT2D eigenvalue weighted by Gasteiger charge is 2.36. The van der Waals surface area contributed by atoms with E-state index in [0.717, 1.165) is 11.5 Å². The molecule has 6 nitrogen and oxygen atoms in total. The van der Waals surface area contributed by atoms with Gasteiger partial charge in [0.05, 0.1) is 6.54 Å². The lowest BCUT2D eigenvalue weighted by Crippen LogP contribution is -2.48. The Morgan fingerprint density at radius 3 is 2.54 bits per heavy atom. The number of rotatable bonds is 2. The van der Waals surface area contributed by atoms with Gasteiger partial charge in [0.25, 0.3) is 0 Å². The predicted molar refractivity (Wildman–Crippen MR) is 94.4 cm³/mol. The summed E-state index contributed by atoms with van der Waals surface area (Å²) in [6.45, 7) is 12.0. The van der Waals surface area contributed by atoms with Crippen LogP contribution in [-0.4, -0.2) is 60.5 Å². The number of anilines is 1. The Kier molecular flexibility index (Phi) is 5.38. The number of nitrogens with zero attached hydrogens (tertiary/aromatic N) is 3. The molecule has 1 amide bonds. The summed E-state index contributed by atoms with van der Waals surface area (Å²) < 4.78 is 11.3. The second kappa shape index (κ2) is 6.97. The molecule has 1 aliphatic heterocycles. The van der Waals surface area contributed by atoms with Crippen LogP contribution in [0.2, 0.25) is 0 Å². The zero-order valence-electron chi connectivity index (χ0n) is 15.6. The molecule has 0 radical (unpaired) electrons. The molecule has 1 fully saturated rings. The fraction of sp³-hybridized carbons (Fsp3) is 0.667. The minimum atomic E-state index is -0.509. The average Bonchev–Trinajstić information content (AvgIpc) is 2.66. The molecule has 2 rings (SSSR count). The van der Waals surface area contributed by atoms with E-state index in [0.29, 0.717) is 26.2 Å². The second-order valence-corrected chi connectivity index (χ2v) is 7.61. The van der Waals surface area contributed by atoms with E-state index in [4.69, 9.17) is 9.47 Å². The first-order valence-corrected chi connectivity index (χ1v) is 8.34. The molecule has 1 aromatic heterocycles. The Morgan fingerprint density at radius 1 is 1.25 bits per heavy atom. The molecule has 24 heavy (non-hydrogen) atoms. The summed E-state index contributed by atoms with van der Waals surface area (Å²) in [5, 5.41) is 0. The average molecular weight is 335 g/mol. The zero-order valence-corrected chi connectivity index (χ0v) is 15.6. The van der Waals surface area contributed by atoms with E-state index in [1.807, 2.05) is 52.8 Å². The van der Waals surface area contributed by atoms with Gasteiger partial charge in [-0.1, -0.05) is 6.07 Å². The second-order valence-electron chi connectivity index (χ2n) is 7.61. The van der Waals surface area contributed by atoms with E-state index in [1.165, 1.54) is 0 Å². The number of carbonyl (C=O) groups is 1. The number of pyridine rings is 1. The standard InChI is InChI=1S/C18H29N3O3/c1-14-8-7-9-15(19-14)20-10-11-21(13-18(5,12-20)23-6)16(22)24-17(2,3)4/h7-9H,10-13H2,1-6H3. The molecule has 6 heteroatoms. The van der Waals surface area contributed by atoms with Crippen molar-refractivity contribution in [2.24, 2.45) is 0 Å². The zero-order chi connectivity index (χ0) is 18.0. The molecule has 134 valence electrons. The highest BCUT2D eigenvalue weighted by molar-refractivity contribution is 5.68. The van der Waals surface area contributed by atoms with Gasteiger partial charge < -0.3 is 19.3 Å². The van der Waals surface area contributed by atoms with Crippen LogP contribution in [0.5, 0.6) is 0 Å². The molecule has 1 aliphatic rings. The highest BCUT2D eigenvalue weighted by Crippen LogP contribution is 2.23. The maximum Gasteiger partial charge on any atom is 0.410 e. The Hall–Kier alpha value is -1.82. The molecule has 1 atom stereocenters. The number of hydrogen-bond donors (Lipinski definition) is 0. The normalized spacial score (nSPS) is 22.2. The van der Waals surface area contributed by atoms with Crippen molar-refractivity contribution in [3.8, 4) is 0 Å². The van der Waals surface area contributed by atoms with Crippen LogP contribution < -0.4 is 4.90 Å². The minimum absolute atomic E-state index is 0.301. The monoisotopic (exact) mass is 335 g/mol. The molecule has 1 aromatic rings. The van der Waals surface area contributed by atoms with Gasteiger partial charge >= 0.3 is 6.09 Å². The van der Waals surface area contributed by atoms with Crippen molar-refractivity contribution < 1.29 is 14.3 Å². The van der Waals surface area contributed by atoms with Gasteiger partial charge in [-0.3, -0.25) is 0 Å². The van der Waals surface area contributed by atoms with Gasteiger partial charge in [0.1, 0.15) is 17.0 Å². The van der Waals surface area contributed by atoms with Crippen LogP contribution >= 0.6 is 0 Å². The van der Waals surface area contributed by atoms with Crippen molar-refractivity contribution >= 4 is 11.9 Å². The van der Waals surface area contributed by atoms with Crippen molar-refractivity contribution in [2.45, 2.75) is 45.8 Å². The van der Waals surface area contributed by atoms with Gasteiger partial charge in [-0.15, -0.1) is 0 Å². The Balaban J connectivity index is 2.20. The number of carbonyl (C=O) groups excluding carboxylic acids is 1. The van der Waals surface area contributed by atoms with E-state index < -0.39 is 11.2 Å². The quantitative estimate of drug-likeness (QED) is 0.832. The summed E-state index contributed by atoms with van der Waals surface area (Å²) in [5.41, 5.74) is -0.0245. The van der Waals surface area contributed by atoms with Crippen molar-refractivity contribution in [1.82, 2.24) is 9.88 Å². The fourth-order valence-corrected chi connectivity index (χ4v) is 2.77. The largest absolute Gasteiger partial charge is 0.444 e. The van der Waals surface area contributed by atoms with Gasteiger partial charge in [-0.05, 0) is 46.8 Å². The maximum absolute atomic E-state index is 12.5. The van der Waals surface area contributed by atoms with Gasteiger partial charge in [-0.25, -0.2) is 9.78 Å². The van der Waals surface area contributed by atoms with E-state index in [9.17, 15) is 4.79 Å². The van der Waals surface area contributed by atoms with Crippen LogP contribution in [0.15, 0.2) is 18.2 Å². The van der Waals surface area contributed by atoms with E-state index in [-0.39, 0.29) is 6.09 Å². The molecule has 1 unspecified atom stereocenters. The van der Waals surface area contributed by atoms with Crippen molar-refractivity contribution in [3.63, 3.8) is 0 Å². The van der Waals surface area contributed by atoms with Gasteiger partial charge in [0, 0.05) is 32.4 Å². The lowest BCUT2D eigenvalue weighted by Gasteiger charge is -2.34. The number of amides is 1. The van der Waals surface area contributed by atoms with Crippen LogP contribution in [-0.2, 0) is 9.47 Å². The van der Waals surface area contributed by atoms with Crippen LogP contribution in [0.4, 0.5) is 10.6 Å². The molecule has 0 saturated carbocycles. The van der Waals surface area contributed by atoms with Gasteiger partial charge in [-0.2, -0.15) is 0 Å². The molecule has 1 saturated heterocycles. The molecule has 0 bridgehead atoms. The number of aromatic nitrogens is 1. The summed E-state index contributed by atoms with van der Waals surface area (Å²) in [4.78, 5) is 21.0. The molecule has 0 N–H and O–H groups in total. The molecule has 2 heterocycles. The Morgan fingerprint density at radius 2 is 1.96 bits per heavy atom. The topological polar surface area (TPSA) is 54.9 Å². The van der Waals surface area contributed by atoms with Gasteiger partial charge in [0.15, 0.2) is 0 Å². The van der Waals surface area contributed by atoms with E-state index >= 15 is 0 Å². The summed E-state index contributed by atoms with van der Waals surface area (Å²) >= 11 is 0. The third-order valence-electron chi connectivity index (χ3n) is 4.03. The highest BCUT2D eigenvalue weighted by atomic mass is 16.6. The first kappa shape index (κ1) is 18.5. The lowest BCUT2D eigenvalue weighted by atomic mass is 10.1. The first-order chi connectivity index (χ1) is 11.1. The SMILES string of the molecule is COC1(C)CN(C(=O)OC(C)(C)C)CCN(c2cccc(C)n2)C1. The number of methoxy groups -OCH3 is 1. The maximum atomic E-state index is 12.5. The minimum Gasteiger partial charge on any atom is -0.444 e. The third-order valence-corrected chi connectivity index (χ3v) is 4.03. The molecule has 0 aromatic carbocycles. The summed E-state index contributed by atoms with van der Waals surface area (Å²) in [7, 11) is 1.68.